The third-order valence-corrected chi connectivity index (χ3v) is 2.19. The van der Waals surface area contributed by atoms with Crippen LogP contribution in [-0.2, 0) is 0 Å². The van der Waals surface area contributed by atoms with Gasteiger partial charge < -0.3 is 9.47 Å². The van der Waals surface area contributed by atoms with Crippen molar-refractivity contribution >= 4 is 5.78 Å². The number of Topliss-reactive ketones (excluding diaryl/α,β-unsaturated/α-hetero) is 1. The fourth-order valence-electron chi connectivity index (χ4n) is 1.32. The minimum absolute atomic E-state index is 0.0110. The van der Waals surface area contributed by atoms with Crippen molar-refractivity contribution in [1.82, 2.24) is 0 Å². The highest BCUT2D eigenvalue weighted by Crippen LogP contribution is 2.28. The van der Waals surface area contributed by atoms with Crippen LogP contribution in [0.25, 0.3) is 0 Å². The average molecular weight is 208 g/mol. The molecule has 3 nitrogen and oxygen atoms in total. The Morgan fingerprint density at radius 3 is 2.20 bits per heavy atom. The van der Waals surface area contributed by atoms with Crippen LogP contribution in [0.1, 0.15) is 24.2 Å². The molecule has 0 aromatic heterocycles. The summed E-state index contributed by atoms with van der Waals surface area (Å²) in [6.45, 7) is 3.75. The molecule has 0 fully saturated rings. The number of hydrogen-bond donors (Lipinski definition) is 0. The van der Waals surface area contributed by atoms with Gasteiger partial charge in [-0.05, 0) is 18.2 Å². The lowest BCUT2D eigenvalue weighted by atomic mass is 10.0. The monoisotopic (exact) mass is 208 g/mol. The summed E-state index contributed by atoms with van der Waals surface area (Å²) in [5.74, 6) is 1.32. The molecule has 0 aliphatic heterocycles. The van der Waals surface area contributed by atoms with E-state index in [0.717, 1.165) is 0 Å². The van der Waals surface area contributed by atoms with Gasteiger partial charge in [-0.3, -0.25) is 4.79 Å². The van der Waals surface area contributed by atoms with Crippen molar-refractivity contribution in [3.63, 3.8) is 0 Å². The van der Waals surface area contributed by atoms with Crippen LogP contribution in [0.5, 0.6) is 11.5 Å². The zero-order valence-corrected chi connectivity index (χ0v) is 9.53. The molecule has 0 saturated carbocycles. The van der Waals surface area contributed by atoms with E-state index in [4.69, 9.17) is 9.47 Å². The molecule has 0 spiro atoms. The molecule has 0 N–H and O–H groups in total. The van der Waals surface area contributed by atoms with Crippen molar-refractivity contribution < 1.29 is 14.3 Å². The molecule has 15 heavy (non-hydrogen) atoms. The second kappa shape index (κ2) is 4.82. The summed E-state index contributed by atoms with van der Waals surface area (Å²) in [6.07, 6.45) is 0. The Bertz CT molecular complexity index is 356. The van der Waals surface area contributed by atoms with Gasteiger partial charge in [-0.15, -0.1) is 0 Å². The maximum atomic E-state index is 11.7. The summed E-state index contributed by atoms with van der Waals surface area (Å²) >= 11 is 0. The minimum Gasteiger partial charge on any atom is -0.493 e. The van der Waals surface area contributed by atoms with E-state index in [1.54, 1.807) is 32.4 Å². The molecule has 0 heterocycles. The molecular weight excluding hydrogens is 192 g/mol. The maximum Gasteiger partial charge on any atom is 0.165 e. The summed E-state index contributed by atoms with van der Waals surface area (Å²) in [7, 11) is 3.13. The van der Waals surface area contributed by atoms with E-state index in [1.807, 2.05) is 13.8 Å². The van der Waals surface area contributed by atoms with Crippen LogP contribution in [0.4, 0.5) is 0 Å². The first-order valence-corrected chi connectivity index (χ1v) is 4.86. The van der Waals surface area contributed by atoms with Gasteiger partial charge in [0.25, 0.3) is 0 Å². The predicted octanol–water partition coefficient (Wildman–Crippen LogP) is 2.54. The Morgan fingerprint density at radius 1 is 1.13 bits per heavy atom. The third-order valence-electron chi connectivity index (χ3n) is 2.19. The lowest BCUT2D eigenvalue weighted by molar-refractivity contribution is 0.0939. The number of benzene rings is 1. The smallest absolute Gasteiger partial charge is 0.165 e. The summed E-state index contributed by atoms with van der Waals surface area (Å²) in [4.78, 5) is 11.7. The van der Waals surface area contributed by atoms with Gasteiger partial charge in [0.1, 0.15) is 0 Å². The zero-order valence-electron chi connectivity index (χ0n) is 9.53. The number of carbonyl (C=O) groups is 1. The first-order valence-electron chi connectivity index (χ1n) is 4.86. The Balaban J connectivity index is 3.08. The molecule has 0 bridgehead atoms. The van der Waals surface area contributed by atoms with Crippen molar-refractivity contribution in [1.29, 1.82) is 0 Å². The molecule has 0 saturated heterocycles. The number of ether oxygens (including phenoxy) is 2. The largest absolute Gasteiger partial charge is 0.493 e. The number of hydrogen-bond acceptors (Lipinski definition) is 3. The van der Waals surface area contributed by atoms with E-state index in [-0.39, 0.29) is 11.7 Å². The number of methoxy groups -OCH3 is 2. The van der Waals surface area contributed by atoms with Crippen LogP contribution in [-0.4, -0.2) is 20.0 Å². The van der Waals surface area contributed by atoms with Gasteiger partial charge >= 0.3 is 0 Å². The van der Waals surface area contributed by atoms with Gasteiger partial charge in [0.2, 0.25) is 0 Å². The normalized spacial score (nSPS) is 10.2. The van der Waals surface area contributed by atoms with Crippen molar-refractivity contribution in [3.05, 3.63) is 23.8 Å². The summed E-state index contributed by atoms with van der Waals surface area (Å²) in [5, 5.41) is 0. The predicted molar refractivity (Wildman–Crippen MR) is 58.7 cm³/mol. The second-order valence-electron chi connectivity index (χ2n) is 3.59. The number of rotatable bonds is 4. The molecule has 0 atom stereocenters. The van der Waals surface area contributed by atoms with Crippen molar-refractivity contribution in [2.45, 2.75) is 13.8 Å². The molecule has 0 unspecified atom stereocenters. The highest BCUT2D eigenvalue weighted by molar-refractivity contribution is 5.98. The second-order valence-corrected chi connectivity index (χ2v) is 3.59. The fraction of sp³-hybridized carbons (Fsp3) is 0.417. The van der Waals surface area contributed by atoms with Gasteiger partial charge in [-0.2, -0.15) is 0 Å². The molecule has 0 radical (unpaired) electrons. The zero-order chi connectivity index (χ0) is 11.4. The highest BCUT2D eigenvalue weighted by Gasteiger charge is 2.13. The SMILES string of the molecule is COc1ccc(C(=O)C(C)C)cc1OC. The first kappa shape index (κ1) is 11.6. The molecule has 0 aliphatic rings. The van der Waals surface area contributed by atoms with E-state index in [1.165, 1.54) is 0 Å². The van der Waals surface area contributed by atoms with Crippen LogP contribution >= 0.6 is 0 Å². The molecule has 0 amide bonds. The quantitative estimate of drug-likeness (QED) is 0.713. The molecule has 0 aliphatic carbocycles. The number of carbonyl (C=O) groups excluding carboxylic acids is 1. The Labute approximate surface area is 90.0 Å². The Morgan fingerprint density at radius 2 is 1.73 bits per heavy atom. The molecule has 3 heteroatoms. The fourth-order valence-corrected chi connectivity index (χ4v) is 1.32. The van der Waals surface area contributed by atoms with Gasteiger partial charge in [0, 0.05) is 11.5 Å². The van der Waals surface area contributed by atoms with Crippen molar-refractivity contribution in [2.24, 2.45) is 5.92 Å². The van der Waals surface area contributed by atoms with Gasteiger partial charge in [-0.25, -0.2) is 0 Å². The summed E-state index contributed by atoms with van der Waals surface area (Å²) in [5.41, 5.74) is 0.655. The van der Waals surface area contributed by atoms with Crippen LogP contribution in [0, 0.1) is 5.92 Å². The summed E-state index contributed by atoms with van der Waals surface area (Å²) < 4.78 is 10.2. The van der Waals surface area contributed by atoms with Gasteiger partial charge in [0.15, 0.2) is 17.3 Å². The third kappa shape index (κ3) is 2.49. The molecule has 1 aromatic rings. The van der Waals surface area contributed by atoms with E-state index in [2.05, 4.69) is 0 Å². The molecule has 1 aromatic carbocycles. The topological polar surface area (TPSA) is 35.5 Å². The lowest BCUT2D eigenvalue weighted by Gasteiger charge is -2.10. The Hall–Kier alpha value is -1.51. The van der Waals surface area contributed by atoms with E-state index >= 15 is 0 Å². The van der Waals surface area contributed by atoms with Crippen molar-refractivity contribution in [2.75, 3.05) is 14.2 Å². The van der Waals surface area contributed by atoms with E-state index in [0.29, 0.717) is 17.1 Å². The van der Waals surface area contributed by atoms with Crippen LogP contribution in [0.3, 0.4) is 0 Å². The highest BCUT2D eigenvalue weighted by atomic mass is 16.5. The maximum absolute atomic E-state index is 11.7. The van der Waals surface area contributed by atoms with Gasteiger partial charge in [-0.1, -0.05) is 13.8 Å². The standard InChI is InChI=1S/C12H16O3/c1-8(2)12(13)9-5-6-10(14-3)11(7-9)15-4/h5-8H,1-4H3. The minimum atomic E-state index is -0.0110. The van der Waals surface area contributed by atoms with Crippen LogP contribution < -0.4 is 9.47 Å². The van der Waals surface area contributed by atoms with E-state index in [9.17, 15) is 4.79 Å². The van der Waals surface area contributed by atoms with Crippen LogP contribution in [0.15, 0.2) is 18.2 Å². The van der Waals surface area contributed by atoms with Crippen LogP contribution in [0.2, 0.25) is 0 Å². The van der Waals surface area contributed by atoms with Gasteiger partial charge in [0.05, 0.1) is 14.2 Å². The molecule has 82 valence electrons. The van der Waals surface area contributed by atoms with Crippen molar-refractivity contribution in [3.8, 4) is 11.5 Å². The van der Waals surface area contributed by atoms with E-state index < -0.39 is 0 Å². The molecular formula is C12H16O3. The average Bonchev–Trinajstić information content (AvgIpc) is 2.26. The number of ketones is 1. The summed E-state index contributed by atoms with van der Waals surface area (Å²) in [6, 6.07) is 5.21. The Kier molecular flexibility index (Phi) is 3.72. The lowest BCUT2D eigenvalue weighted by Crippen LogP contribution is -2.07. The molecule has 1 rings (SSSR count). The first-order chi connectivity index (χ1) is 7.10.